The van der Waals surface area contributed by atoms with E-state index in [0.717, 1.165) is 0 Å². The standard InChI is InChI=1S/C8H20N2/c1-5-6-7-8(2,3)10(4)9/h5-7,9H2,1-4H3. The van der Waals surface area contributed by atoms with Gasteiger partial charge in [-0.3, -0.25) is 5.84 Å². The van der Waals surface area contributed by atoms with Crippen LogP contribution in [0, 0.1) is 0 Å². The summed E-state index contributed by atoms with van der Waals surface area (Å²) in [7, 11) is 1.93. The van der Waals surface area contributed by atoms with Crippen LogP contribution in [0.5, 0.6) is 0 Å². The molecule has 0 saturated carbocycles. The van der Waals surface area contributed by atoms with Crippen molar-refractivity contribution in [2.24, 2.45) is 5.84 Å². The molecule has 0 aliphatic heterocycles. The topological polar surface area (TPSA) is 29.3 Å². The molecule has 0 aromatic heterocycles. The normalized spacial score (nSPS) is 12.6. The molecule has 62 valence electrons. The van der Waals surface area contributed by atoms with Crippen LogP contribution in [-0.2, 0) is 0 Å². The Kier molecular flexibility index (Phi) is 3.91. The molecule has 0 aliphatic rings. The molecule has 0 saturated heterocycles. The lowest BCUT2D eigenvalue weighted by molar-refractivity contribution is 0.145. The van der Waals surface area contributed by atoms with Crippen LogP contribution in [0.2, 0.25) is 0 Å². The van der Waals surface area contributed by atoms with E-state index in [1.807, 2.05) is 7.05 Å². The molecule has 2 heteroatoms. The highest BCUT2D eigenvalue weighted by Crippen LogP contribution is 2.16. The first-order valence-corrected chi connectivity index (χ1v) is 3.99. The highest BCUT2D eigenvalue weighted by atomic mass is 15.4. The Morgan fingerprint density at radius 2 is 1.90 bits per heavy atom. The smallest absolute Gasteiger partial charge is 0.0292 e. The first-order chi connectivity index (χ1) is 4.50. The predicted octanol–water partition coefficient (Wildman–Crippen LogP) is 1.76. The molecule has 0 rings (SSSR count). The molecule has 0 spiro atoms. The fourth-order valence-electron chi connectivity index (χ4n) is 0.786. The number of nitrogens with zero attached hydrogens (tertiary/aromatic N) is 1. The van der Waals surface area contributed by atoms with Crippen LogP contribution in [0.1, 0.15) is 40.0 Å². The molecule has 2 N–H and O–H groups in total. The van der Waals surface area contributed by atoms with Gasteiger partial charge in [0.05, 0.1) is 0 Å². The number of hydrogen-bond acceptors (Lipinski definition) is 2. The summed E-state index contributed by atoms with van der Waals surface area (Å²) in [5.41, 5.74) is 0.163. The van der Waals surface area contributed by atoms with Crippen molar-refractivity contribution in [3.63, 3.8) is 0 Å². The van der Waals surface area contributed by atoms with Crippen LogP contribution >= 0.6 is 0 Å². The average molecular weight is 144 g/mol. The van der Waals surface area contributed by atoms with E-state index in [0.29, 0.717) is 0 Å². The van der Waals surface area contributed by atoms with Crippen molar-refractivity contribution in [3.8, 4) is 0 Å². The first-order valence-electron chi connectivity index (χ1n) is 3.99. The Morgan fingerprint density at radius 3 is 2.20 bits per heavy atom. The predicted molar refractivity (Wildman–Crippen MR) is 45.6 cm³/mol. The van der Waals surface area contributed by atoms with Crippen LogP contribution in [0.4, 0.5) is 0 Å². The molecule has 0 bridgehead atoms. The van der Waals surface area contributed by atoms with Gasteiger partial charge in [0.25, 0.3) is 0 Å². The van der Waals surface area contributed by atoms with Crippen molar-refractivity contribution in [1.82, 2.24) is 5.01 Å². The van der Waals surface area contributed by atoms with E-state index in [-0.39, 0.29) is 5.54 Å². The summed E-state index contributed by atoms with van der Waals surface area (Å²) in [6, 6.07) is 0. The zero-order valence-electron chi connectivity index (χ0n) is 7.65. The van der Waals surface area contributed by atoms with Gasteiger partial charge in [-0.2, -0.15) is 0 Å². The molecule has 10 heavy (non-hydrogen) atoms. The lowest BCUT2D eigenvalue weighted by Gasteiger charge is -2.31. The molecule has 0 atom stereocenters. The second-order valence-corrected chi connectivity index (χ2v) is 3.53. The van der Waals surface area contributed by atoms with Crippen molar-refractivity contribution < 1.29 is 0 Å². The Morgan fingerprint density at radius 1 is 1.40 bits per heavy atom. The molecular weight excluding hydrogens is 124 g/mol. The number of unbranched alkanes of at least 4 members (excludes halogenated alkanes) is 1. The van der Waals surface area contributed by atoms with Crippen molar-refractivity contribution in [1.29, 1.82) is 0 Å². The summed E-state index contributed by atoms with van der Waals surface area (Å²) in [6.07, 6.45) is 3.68. The van der Waals surface area contributed by atoms with E-state index in [1.54, 1.807) is 5.01 Å². The van der Waals surface area contributed by atoms with Gasteiger partial charge in [0.15, 0.2) is 0 Å². The molecule has 0 aliphatic carbocycles. The second-order valence-electron chi connectivity index (χ2n) is 3.53. The summed E-state index contributed by atoms with van der Waals surface area (Å²) in [6.45, 7) is 6.54. The highest BCUT2D eigenvalue weighted by Gasteiger charge is 2.19. The van der Waals surface area contributed by atoms with Crippen molar-refractivity contribution >= 4 is 0 Å². The average Bonchev–Trinajstić information content (AvgIpc) is 1.84. The minimum Gasteiger partial charge on any atom is -0.269 e. The van der Waals surface area contributed by atoms with Gasteiger partial charge in [-0.1, -0.05) is 19.8 Å². The summed E-state index contributed by atoms with van der Waals surface area (Å²) in [5.74, 6) is 5.64. The van der Waals surface area contributed by atoms with Crippen LogP contribution in [0.15, 0.2) is 0 Å². The highest BCUT2D eigenvalue weighted by molar-refractivity contribution is 4.74. The van der Waals surface area contributed by atoms with Crippen LogP contribution in [0.3, 0.4) is 0 Å². The summed E-state index contributed by atoms with van der Waals surface area (Å²) in [5, 5.41) is 1.79. The van der Waals surface area contributed by atoms with Gasteiger partial charge in [-0.25, -0.2) is 5.01 Å². The van der Waals surface area contributed by atoms with Crippen molar-refractivity contribution in [2.45, 2.75) is 45.6 Å². The lowest BCUT2D eigenvalue weighted by Crippen LogP contribution is -2.45. The zero-order chi connectivity index (χ0) is 8.20. The summed E-state index contributed by atoms with van der Waals surface area (Å²) in [4.78, 5) is 0. The zero-order valence-corrected chi connectivity index (χ0v) is 7.65. The maximum Gasteiger partial charge on any atom is 0.0292 e. The minimum absolute atomic E-state index is 0.163. The molecular formula is C8H20N2. The molecule has 2 nitrogen and oxygen atoms in total. The third kappa shape index (κ3) is 3.18. The van der Waals surface area contributed by atoms with Gasteiger partial charge in [0.2, 0.25) is 0 Å². The number of hydrogen-bond donors (Lipinski definition) is 1. The largest absolute Gasteiger partial charge is 0.269 e. The Balaban J connectivity index is 3.63. The maximum atomic E-state index is 5.64. The number of nitrogens with two attached hydrogens (primary N) is 1. The van der Waals surface area contributed by atoms with E-state index in [4.69, 9.17) is 5.84 Å². The number of rotatable bonds is 4. The number of hydrazine groups is 1. The summed E-state index contributed by atoms with van der Waals surface area (Å²) >= 11 is 0. The third-order valence-corrected chi connectivity index (χ3v) is 2.10. The first kappa shape index (κ1) is 9.92. The van der Waals surface area contributed by atoms with Gasteiger partial charge < -0.3 is 0 Å². The summed E-state index contributed by atoms with van der Waals surface area (Å²) < 4.78 is 0. The van der Waals surface area contributed by atoms with Gasteiger partial charge in [-0.15, -0.1) is 0 Å². The van der Waals surface area contributed by atoms with Gasteiger partial charge >= 0.3 is 0 Å². The minimum atomic E-state index is 0.163. The lowest BCUT2D eigenvalue weighted by atomic mass is 9.97. The Hall–Kier alpha value is -0.0800. The van der Waals surface area contributed by atoms with E-state index in [1.165, 1.54) is 19.3 Å². The fourth-order valence-corrected chi connectivity index (χ4v) is 0.786. The quantitative estimate of drug-likeness (QED) is 0.481. The molecule has 0 aromatic rings. The van der Waals surface area contributed by atoms with E-state index in [9.17, 15) is 0 Å². The fraction of sp³-hybridized carbons (Fsp3) is 1.00. The molecule has 0 aromatic carbocycles. The van der Waals surface area contributed by atoms with Gasteiger partial charge in [0.1, 0.15) is 0 Å². The maximum absolute atomic E-state index is 5.64. The van der Waals surface area contributed by atoms with Crippen molar-refractivity contribution in [3.05, 3.63) is 0 Å². The van der Waals surface area contributed by atoms with E-state index >= 15 is 0 Å². The second kappa shape index (κ2) is 3.94. The Labute approximate surface area is 64.4 Å². The monoisotopic (exact) mass is 144 g/mol. The van der Waals surface area contributed by atoms with Gasteiger partial charge in [-0.05, 0) is 20.3 Å². The van der Waals surface area contributed by atoms with Crippen molar-refractivity contribution in [2.75, 3.05) is 7.05 Å². The van der Waals surface area contributed by atoms with Gasteiger partial charge in [0, 0.05) is 12.6 Å². The SMILES string of the molecule is CCCCC(C)(C)N(C)N. The Bertz CT molecular complexity index is 87.3. The van der Waals surface area contributed by atoms with E-state index in [2.05, 4.69) is 20.8 Å². The van der Waals surface area contributed by atoms with E-state index < -0.39 is 0 Å². The molecule has 0 fully saturated rings. The molecule has 0 unspecified atom stereocenters. The van der Waals surface area contributed by atoms with Crippen LogP contribution in [-0.4, -0.2) is 17.6 Å². The third-order valence-electron chi connectivity index (χ3n) is 2.10. The van der Waals surface area contributed by atoms with Crippen LogP contribution in [0.25, 0.3) is 0 Å². The molecule has 0 heterocycles. The molecule has 0 amide bonds. The van der Waals surface area contributed by atoms with Crippen LogP contribution < -0.4 is 5.84 Å². The molecule has 0 radical (unpaired) electrons.